The fourth-order valence-electron chi connectivity index (χ4n) is 2.21. The Kier molecular flexibility index (Phi) is 3.39. The molecule has 0 spiro atoms. The van der Waals surface area contributed by atoms with E-state index in [9.17, 15) is 4.79 Å². The van der Waals surface area contributed by atoms with Crippen LogP contribution in [0.15, 0.2) is 30.7 Å². The molecule has 0 saturated carbocycles. The predicted octanol–water partition coefficient (Wildman–Crippen LogP) is 0.547. The van der Waals surface area contributed by atoms with Gasteiger partial charge in [0.05, 0.1) is 18.8 Å². The number of aromatic nitrogens is 3. The van der Waals surface area contributed by atoms with Crippen molar-refractivity contribution in [3.05, 3.63) is 42.1 Å². The van der Waals surface area contributed by atoms with Gasteiger partial charge in [0.1, 0.15) is 23.4 Å². The highest BCUT2D eigenvalue weighted by Gasteiger charge is 2.30. The van der Waals surface area contributed by atoms with Crippen molar-refractivity contribution in [3.8, 4) is 5.75 Å². The van der Waals surface area contributed by atoms with Gasteiger partial charge in [-0.05, 0) is 13.0 Å². The third-order valence-electron chi connectivity index (χ3n) is 3.29. The zero-order chi connectivity index (χ0) is 14.8. The summed E-state index contributed by atoms with van der Waals surface area (Å²) in [4.78, 5) is 25.6. The van der Waals surface area contributed by atoms with Gasteiger partial charge in [0, 0.05) is 24.7 Å². The number of carbonyl (C=O) groups excluding carboxylic acids is 1. The molecule has 2 aromatic rings. The van der Waals surface area contributed by atoms with Crippen molar-refractivity contribution in [2.75, 3.05) is 18.0 Å². The van der Waals surface area contributed by atoms with Gasteiger partial charge in [-0.3, -0.25) is 14.8 Å². The van der Waals surface area contributed by atoms with Crippen LogP contribution in [0, 0.1) is 6.92 Å². The highest BCUT2D eigenvalue weighted by molar-refractivity contribution is 5.91. The molecule has 0 atom stereocenters. The first kappa shape index (κ1) is 13.3. The van der Waals surface area contributed by atoms with Crippen LogP contribution in [0.1, 0.15) is 16.2 Å². The van der Waals surface area contributed by atoms with Crippen LogP contribution in [0.3, 0.4) is 0 Å². The van der Waals surface area contributed by atoms with Crippen LogP contribution in [0.4, 0.5) is 5.82 Å². The Balaban J connectivity index is 1.61. The van der Waals surface area contributed by atoms with Gasteiger partial charge in [-0.1, -0.05) is 0 Å². The van der Waals surface area contributed by atoms with Gasteiger partial charge in [0.25, 0.3) is 5.91 Å². The van der Waals surface area contributed by atoms with E-state index in [1.54, 1.807) is 24.5 Å². The number of anilines is 1. The first-order valence-electron chi connectivity index (χ1n) is 6.58. The topological polar surface area (TPSA) is 94.2 Å². The maximum Gasteiger partial charge on any atom is 0.267 e. The Hall–Kier alpha value is -2.70. The van der Waals surface area contributed by atoms with Gasteiger partial charge < -0.3 is 15.4 Å². The molecule has 0 radical (unpaired) electrons. The highest BCUT2D eigenvalue weighted by Crippen LogP contribution is 2.24. The molecule has 3 rings (SSSR count). The summed E-state index contributed by atoms with van der Waals surface area (Å²) < 4.78 is 5.80. The van der Waals surface area contributed by atoms with E-state index in [1.165, 1.54) is 6.20 Å². The lowest BCUT2D eigenvalue weighted by molar-refractivity contribution is 0.0994. The van der Waals surface area contributed by atoms with Crippen LogP contribution in [0.5, 0.6) is 5.75 Å². The van der Waals surface area contributed by atoms with Crippen LogP contribution >= 0.6 is 0 Å². The third kappa shape index (κ3) is 2.76. The summed E-state index contributed by atoms with van der Waals surface area (Å²) in [5, 5.41) is 0. The molecule has 7 heteroatoms. The average Bonchev–Trinajstić information content (AvgIpc) is 2.44. The third-order valence-corrected chi connectivity index (χ3v) is 3.29. The number of amides is 1. The SMILES string of the molecule is Cc1nccnc1N1CC(Oc2ccnc(C(N)=O)c2)C1. The maximum atomic E-state index is 11.1. The normalized spacial score (nSPS) is 14.6. The summed E-state index contributed by atoms with van der Waals surface area (Å²) in [5.41, 5.74) is 6.30. The van der Waals surface area contributed by atoms with E-state index < -0.39 is 5.91 Å². The van der Waals surface area contributed by atoms with E-state index in [1.807, 2.05) is 6.92 Å². The number of primary amides is 1. The Bertz CT molecular complexity index is 670. The number of carbonyl (C=O) groups is 1. The molecule has 1 fully saturated rings. The van der Waals surface area contributed by atoms with E-state index >= 15 is 0 Å². The van der Waals surface area contributed by atoms with Gasteiger partial charge in [0.15, 0.2) is 0 Å². The van der Waals surface area contributed by atoms with Crippen LogP contribution in [-0.2, 0) is 0 Å². The molecule has 1 aliphatic heterocycles. The van der Waals surface area contributed by atoms with Crippen LogP contribution in [-0.4, -0.2) is 40.1 Å². The smallest absolute Gasteiger partial charge is 0.267 e. The molecule has 1 aliphatic rings. The summed E-state index contributed by atoms with van der Waals surface area (Å²) in [7, 11) is 0. The van der Waals surface area contributed by atoms with Gasteiger partial charge in [-0.15, -0.1) is 0 Å². The van der Waals surface area contributed by atoms with E-state index in [0.717, 1.165) is 24.6 Å². The molecule has 0 aliphatic carbocycles. The molecule has 0 unspecified atom stereocenters. The number of aryl methyl sites for hydroxylation is 1. The Morgan fingerprint density at radius 2 is 2.05 bits per heavy atom. The fraction of sp³-hybridized carbons (Fsp3) is 0.286. The summed E-state index contributed by atoms with van der Waals surface area (Å²) in [6.45, 7) is 3.39. The summed E-state index contributed by atoms with van der Waals surface area (Å²) >= 11 is 0. The molecule has 2 aromatic heterocycles. The van der Waals surface area contributed by atoms with Gasteiger partial charge in [-0.25, -0.2) is 4.98 Å². The number of hydrogen-bond acceptors (Lipinski definition) is 6. The Morgan fingerprint density at radius 3 is 2.76 bits per heavy atom. The fourth-order valence-corrected chi connectivity index (χ4v) is 2.21. The quantitative estimate of drug-likeness (QED) is 0.881. The van der Waals surface area contributed by atoms with Crippen LogP contribution in [0.25, 0.3) is 0 Å². The van der Waals surface area contributed by atoms with Gasteiger partial charge in [0.2, 0.25) is 0 Å². The van der Waals surface area contributed by atoms with Gasteiger partial charge >= 0.3 is 0 Å². The summed E-state index contributed by atoms with van der Waals surface area (Å²) in [5.74, 6) is 0.912. The van der Waals surface area contributed by atoms with Crippen molar-refractivity contribution < 1.29 is 9.53 Å². The summed E-state index contributed by atoms with van der Waals surface area (Å²) in [6, 6.07) is 3.27. The van der Waals surface area contributed by atoms with Gasteiger partial charge in [-0.2, -0.15) is 0 Å². The molecule has 1 saturated heterocycles. The van der Waals surface area contributed by atoms with Crippen molar-refractivity contribution in [1.82, 2.24) is 15.0 Å². The monoisotopic (exact) mass is 285 g/mol. The van der Waals surface area contributed by atoms with Crippen molar-refractivity contribution in [2.45, 2.75) is 13.0 Å². The summed E-state index contributed by atoms with van der Waals surface area (Å²) in [6.07, 6.45) is 4.92. The molecule has 21 heavy (non-hydrogen) atoms. The molecule has 0 bridgehead atoms. The lowest BCUT2D eigenvalue weighted by atomic mass is 10.1. The molecule has 1 amide bonds. The van der Waals surface area contributed by atoms with Crippen molar-refractivity contribution >= 4 is 11.7 Å². The van der Waals surface area contributed by atoms with Crippen molar-refractivity contribution in [1.29, 1.82) is 0 Å². The second kappa shape index (κ2) is 5.35. The molecule has 0 aromatic carbocycles. The minimum atomic E-state index is -0.564. The van der Waals surface area contributed by atoms with E-state index in [-0.39, 0.29) is 11.8 Å². The van der Waals surface area contributed by atoms with Crippen molar-refractivity contribution in [2.24, 2.45) is 5.73 Å². The largest absolute Gasteiger partial charge is 0.487 e. The molecule has 2 N–H and O–H groups in total. The number of pyridine rings is 1. The highest BCUT2D eigenvalue weighted by atomic mass is 16.5. The molecule has 108 valence electrons. The second-order valence-corrected chi connectivity index (χ2v) is 4.85. The van der Waals surface area contributed by atoms with Crippen molar-refractivity contribution in [3.63, 3.8) is 0 Å². The Morgan fingerprint density at radius 1 is 1.29 bits per heavy atom. The molecule has 7 nitrogen and oxygen atoms in total. The lowest BCUT2D eigenvalue weighted by Crippen LogP contribution is -2.54. The number of hydrogen-bond donors (Lipinski definition) is 1. The number of ether oxygens (including phenoxy) is 1. The number of nitrogens with two attached hydrogens (primary N) is 1. The minimum absolute atomic E-state index is 0.0505. The zero-order valence-electron chi connectivity index (χ0n) is 11.6. The molecular weight excluding hydrogens is 270 g/mol. The predicted molar refractivity (Wildman–Crippen MR) is 76.2 cm³/mol. The number of nitrogens with zero attached hydrogens (tertiary/aromatic N) is 4. The van der Waals surface area contributed by atoms with E-state index in [4.69, 9.17) is 10.5 Å². The first-order chi connectivity index (χ1) is 10.1. The maximum absolute atomic E-state index is 11.1. The molecular formula is C14H15N5O2. The Labute approximate surface area is 121 Å². The number of rotatable bonds is 4. The molecule has 3 heterocycles. The lowest BCUT2D eigenvalue weighted by Gasteiger charge is -2.40. The minimum Gasteiger partial charge on any atom is -0.487 e. The van der Waals surface area contributed by atoms with Crippen LogP contribution < -0.4 is 15.4 Å². The second-order valence-electron chi connectivity index (χ2n) is 4.85. The van der Waals surface area contributed by atoms with E-state index in [0.29, 0.717) is 5.75 Å². The van der Waals surface area contributed by atoms with Crippen LogP contribution in [0.2, 0.25) is 0 Å². The zero-order valence-corrected chi connectivity index (χ0v) is 11.6. The van der Waals surface area contributed by atoms with E-state index in [2.05, 4.69) is 19.9 Å². The standard InChI is InChI=1S/C14H15N5O2/c1-9-14(18-5-4-16-9)19-7-11(8-19)21-10-2-3-17-12(6-10)13(15)20/h2-6,11H,7-8H2,1H3,(H2,15,20). The average molecular weight is 285 g/mol. The first-order valence-corrected chi connectivity index (χ1v) is 6.58.